The number of esters is 1. The fraction of sp³-hybridized carbons (Fsp3) is 0.333. The molecular weight excluding hydrogens is 320 g/mol. The molecule has 0 fully saturated rings. The Morgan fingerprint density at radius 1 is 1.30 bits per heavy atom. The first-order valence-corrected chi connectivity index (χ1v) is 8.28. The van der Waals surface area contributed by atoms with Crippen molar-refractivity contribution in [1.29, 1.82) is 0 Å². The van der Waals surface area contributed by atoms with Crippen molar-refractivity contribution in [2.24, 2.45) is 0 Å². The first-order valence-electron chi connectivity index (χ1n) is 6.84. The normalized spacial score (nSPS) is 11.7. The summed E-state index contributed by atoms with van der Waals surface area (Å²) in [5, 5.41) is 3.81. The number of nitrogens with zero attached hydrogens (tertiary/aromatic N) is 2. The Morgan fingerprint density at radius 2 is 1.96 bits per heavy atom. The Balaban J connectivity index is 2.41. The van der Waals surface area contributed by atoms with Gasteiger partial charge in [-0.3, -0.25) is 0 Å². The number of methoxy groups -OCH3 is 1. The van der Waals surface area contributed by atoms with Crippen molar-refractivity contribution < 1.29 is 22.5 Å². The van der Waals surface area contributed by atoms with Crippen LogP contribution in [0.3, 0.4) is 0 Å². The van der Waals surface area contributed by atoms with Crippen molar-refractivity contribution in [3.8, 4) is 0 Å². The van der Waals surface area contributed by atoms with Crippen LogP contribution in [0.5, 0.6) is 0 Å². The van der Waals surface area contributed by atoms with Crippen molar-refractivity contribution >= 4 is 16.0 Å². The van der Waals surface area contributed by atoms with Crippen LogP contribution in [-0.4, -0.2) is 38.0 Å². The summed E-state index contributed by atoms with van der Waals surface area (Å²) in [5.74, 6) is -0.138. The van der Waals surface area contributed by atoms with Gasteiger partial charge < -0.3 is 9.26 Å². The molecule has 0 saturated carbocycles. The molecule has 0 aliphatic heterocycles. The van der Waals surface area contributed by atoms with Crippen LogP contribution in [0.1, 0.15) is 27.4 Å². The molecule has 0 bridgehead atoms. The second kappa shape index (κ2) is 6.51. The monoisotopic (exact) mass is 338 g/mol. The summed E-state index contributed by atoms with van der Waals surface area (Å²) in [6, 6.07) is 5.94. The SMILES string of the molecule is COC(=O)c1ccccc1S(=O)(=O)N(C)Cc1c(C)noc1C. The fourth-order valence-electron chi connectivity index (χ4n) is 2.17. The Morgan fingerprint density at radius 3 is 2.52 bits per heavy atom. The molecule has 0 aliphatic carbocycles. The van der Waals surface area contributed by atoms with Gasteiger partial charge in [0.05, 0.1) is 23.3 Å². The fourth-order valence-corrected chi connectivity index (χ4v) is 3.49. The number of hydrogen-bond donors (Lipinski definition) is 0. The molecule has 0 radical (unpaired) electrons. The van der Waals surface area contributed by atoms with Crippen LogP contribution >= 0.6 is 0 Å². The van der Waals surface area contributed by atoms with Gasteiger partial charge in [0.15, 0.2) is 0 Å². The van der Waals surface area contributed by atoms with Crippen molar-refractivity contribution in [1.82, 2.24) is 9.46 Å². The van der Waals surface area contributed by atoms with E-state index in [-0.39, 0.29) is 17.0 Å². The molecule has 0 spiro atoms. The van der Waals surface area contributed by atoms with Gasteiger partial charge in [-0.1, -0.05) is 17.3 Å². The smallest absolute Gasteiger partial charge is 0.339 e. The van der Waals surface area contributed by atoms with E-state index in [9.17, 15) is 13.2 Å². The summed E-state index contributed by atoms with van der Waals surface area (Å²) in [7, 11) is -1.22. The van der Waals surface area contributed by atoms with Crippen LogP contribution in [0.4, 0.5) is 0 Å². The molecule has 0 N–H and O–H groups in total. The van der Waals surface area contributed by atoms with Gasteiger partial charge in [0.25, 0.3) is 0 Å². The molecule has 2 aromatic rings. The van der Waals surface area contributed by atoms with E-state index in [1.165, 1.54) is 26.3 Å². The van der Waals surface area contributed by atoms with E-state index in [0.717, 1.165) is 4.31 Å². The number of aromatic nitrogens is 1. The van der Waals surface area contributed by atoms with Gasteiger partial charge in [-0.05, 0) is 26.0 Å². The third kappa shape index (κ3) is 3.27. The number of carbonyl (C=O) groups excluding carboxylic acids is 1. The van der Waals surface area contributed by atoms with Crippen LogP contribution in [0, 0.1) is 13.8 Å². The summed E-state index contributed by atoms with van der Waals surface area (Å²) in [5.41, 5.74) is 1.33. The third-order valence-electron chi connectivity index (χ3n) is 3.54. The zero-order valence-corrected chi connectivity index (χ0v) is 14.2. The molecule has 8 heteroatoms. The molecule has 0 amide bonds. The van der Waals surface area contributed by atoms with Crippen LogP contribution in [0.2, 0.25) is 0 Å². The van der Waals surface area contributed by atoms with Crippen LogP contribution in [-0.2, 0) is 21.3 Å². The van der Waals surface area contributed by atoms with Gasteiger partial charge in [0, 0.05) is 19.2 Å². The molecule has 7 nitrogen and oxygen atoms in total. The minimum absolute atomic E-state index is 0.000567. The van der Waals surface area contributed by atoms with E-state index in [1.54, 1.807) is 26.0 Å². The quantitative estimate of drug-likeness (QED) is 0.774. The lowest BCUT2D eigenvalue weighted by molar-refractivity contribution is 0.0596. The van der Waals surface area contributed by atoms with Crippen LogP contribution < -0.4 is 0 Å². The van der Waals surface area contributed by atoms with Gasteiger partial charge in [-0.2, -0.15) is 4.31 Å². The van der Waals surface area contributed by atoms with E-state index in [0.29, 0.717) is 17.0 Å². The molecule has 124 valence electrons. The Hall–Kier alpha value is -2.19. The predicted molar refractivity (Wildman–Crippen MR) is 82.4 cm³/mol. The molecule has 0 aliphatic rings. The highest BCUT2D eigenvalue weighted by Crippen LogP contribution is 2.23. The molecule has 0 saturated heterocycles. The summed E-state index contributed by atoms with van der Waals surface area (Å²) >= 11 is 0. The molecular formula is C15H18N2O5S. The zero-order valence-electron chi connectivity index (χ0n) is 13.4. The van der Waals surface area contributed by atoms with Crippen LogP contribution in [0.15, 0.2) is 33.7 Å². The van der Waals surface area contributed by atoms with Gasteiger partial charge in [-0.25, -0.2) is 13.2 Å². The van der Waals surface area contributed by atoms with E-state index in [4.69, 9.17) is 4.52 Å². The average molecular weight is 338 g/mol. The zero-order chi connectivity index (χ0) is 17.2. The van der Waals surface area contributed by atoms with E-state index in [1.807, 2.05) is 0 Å². The van der Waals surface area contributed by atoms with E-state index < -0.39 is 16.0 Å². The minimum Gasteiger partial charge on any atom is -0.465 e. The average Bonchev–Trinajstić information content (AvgIpc) is 2.85. The second-order valence-corrected chi connectivity index (χ2v) is 7.06. The Labute approximate surface area is 134 Å². The number of sulfonamides is 1. The molecule has 0 atom stereocenters. The number of carbonyl (C=O) groups is 1. The number of benzene rings is 1. The minimum atomic E-state index is -3.87. The Bertz CT molecular complexity index is 807. The maximum Gasteiger partial charge on any atom is 0.339 e. The summed E-state index contributed by atoms with van der Waals surface area (Å²) < 4.78 is 36.4. The van der Waals surface area contributed by atoms with Crippen molar-refractivity contribution in [3.05, 3.63) is 46.8 Å². The maximum atomic E-state index is 12.8. The van der Waals surface area contributed by atoms with Gasteiger partial charge in [-0.15, -0.1) is 0 Å². The summed E-state index contributed by atoms with van der Waals surface area (Å²) in [6.07, 6.45) is 0. The topological polar surface area (TPSA) is 89.7 Å². The van der Waals surface area contributed by atoms with E-state index in [2.05, 4.69) is 9.89 Å². The second-order valence-electron chi connectivity index (χ2n) is 5.05. The van der Waals surface area contributed by atoms with Crippen molar-refractivity contribution in [2.75, 3.05) is 14.2 Å². The third-order valence-corrected chi connectivity index (χ3v) is 5.40. The van der Waals surface area contributed by atoms with Gasteiger partial charge in [0.2, 0.25) is 10.0 Å². The molecule has 1 aromatic carbocycles. The maximum absolute atomic E-state index is 12.8. The first-order chi connectivity index (χ1) is 10.8. The summed E-state index contributed by atoms with van der Waals surface area (Å²) in [6.45, 7) is 3.56. The molecule has 1 heterocycles. The lowest BCUT2D eigenvalue weighted by Crippen LogP contribution is -2.28. The molecule has 1 aromatic heterocycles. The number of aryl methyl sites for hydroxylation is 2. The number of rotatable bonds is 5. The van der Waals surface area contributed by atoms with Crippen molar-refractivity contribution in [2.45, 2.75) is 25.3 Å². The van der Waals surface area contributed by atoms with Crippen molar-refractivity contribution in [3.63, 3.8) is 0 Å². The Kier molecular flexibility index (Phi) is 4.86. The predicted octanol–water partition coefficient (Wildman–Crippen LogP) is 1.90. The highest BCUT2D eigenvalue weighted by molar-refractivity contribution is 7.89. The van der Waals surface area contributed by atoms with Gasteiger partial charge >= 0.3 is 5.97 Å². The lowest BCUT2D eigenvalue weighted by Gasteiger charge is -2.18. The first kappa shape index (κ1) is 17.2. The highest BCUT2D eigenvalue weighted by atomic mass is 32.2. The number of ether oxygens (including phenoxy) is 1. The standard InChI is InChI=1S/C15H18N2O5S/c1-10-13(11(2)22-16-10)9-17(3)23(19,20)14-8-6-5-7-12(14)15(18)21-4/h5-8H,9H2,1-4H3. The molecule has 2 rings (SSSR count). The lowest BCUT2D eigenvalue weighted by atomic mass is 10.2. The largest absolute Gasteiger partial charge is 0.465 e. The molecule has 0 unspecified atom stereocenters. The summed E-state index contributed by atoms with van der Waals surface area (Å²) in [4.78, 5) is 11.7. The highest BCUT2D eigenvalue weighted by Gasteiger charge is 2.28. The number of hydrogen-bond acceptors (Lipinski definition) is 6. The van der Waals surface area contributed by atoms with Gasteiger partial charge in [0.1, 0.15) is 5.76 Å². The molecule has 23 heavy (non-hydrogen) atoms. The van der Waals surface area contributed by atoms with E-state index >= 15 is 0 Å². The van der Waals surface area contributed by atoms with Crippen LogP contribution in [0.25, 0.3) is 0 Å².